The molecule has 2 N–H and O–H groups in total. The molecule has 0 saturated heterocycles. The van der Waals surface area contributed by atoms with Crippen molar-refractivity contribution in [1.82, 2.24) is 0 Å². The van der Waals surface area contributed by atoms with Gasteiger partial charge in [0.2, 0.25) is 0 Å². The van der Waals surface area contributed by atoms with E-state index in [1.54, 1.807) is 31.2 Å². The third kappa shape index (κ3) is 19.5. The monoisotopic (exact) mass is 559 g/mol. The fraction of sp³-hybridized carbons (Fsp3) is 0.545. The second-order valence-corrected chi connectivity index (χ2v) is 11.6. The second-order valence-electron chi connectivity index (χ2n) is 10.3. The van der Waals surface area contributed by atoms with Crippen molar-refractivity contribution in [3.8, 4) is 11.8 Å². The van der Waals surface area contributed by atoms with Crippen LogP contribution in [0.15, 0.2) is 60.5 Å². The first-order valence-corrected chi connectivity index (χ1v) is 15.2. The van der Waals surface area contributed by atoms with Crippen LogP contribution >= 0.6 is 18.5 Å². The molecule has 0 amide bonds. The lowest BCUT2D eigenvalue weighted by Crippen LogP contribution is -2.32. The molecule has 1 aromatic carbocycles. The Bertz CT molecular complexity index is 893. The van der Waals surface area contributed by atoms with Gasteiger partial charge in [-0.1, -0.05) is 116 Å². The van der Waals surface area contributed by atoms with Crippen molar-refractivity contribution < 1.29 is 9.18 Å². The van der Waals surface area contributed by atoms with Crippen molar-refractivity contribution in [2.45, 2.75) is 97.9 Å². The highest BCUT2D eigenvalue weighted by Crippen LogP contribution is 2.32. The van der Waals surface area contributed by atoms with E-state index in [-0.39, 0.29) is 5.78 Å². The van der Waals surface area contributed by atoms with Gasteiger partial charge < -0.3 is 0 Å². The van der Waals surface area contributed by atoms with Gasteiger partial charge in [-0.25, -0.2) is 4.39 Å². The molecule has 0 aromatic heterocycles. The molecular weight excluding hydrogens is 507 g/mol. The van der Waals surface area contributed by atoms with E-state index in [0.29, 0.717) is 5.56 Å². The summed E-state index contributed by atoms with van der Waals surface area (Å²) in [6.07, 6.45) is 19.4. The summed E-state index contributed by atoms with van der Waals surface area (Å²) in [6, 6.07) is 6.83. The molecule has 0 aliphatic heterocycles. The number of halogens is 1. The van der Waals surface area contributed by atoms with E-state index < -0.39 is 11.5 Å². The van der Waals surface area contributed by atoms with Crippen LogP contribution in [0.25, 0.3) is 0 Å². The highest BCUT2D eigenvalue weighted by Gasteiger charge is 2.27. The maximum atomic E-state index is 13.4. The van der Waals surface area contributed by atoms with E-state index >= 15 is 0 Å². The average molecular weight is 560 g/mol. The van der Waals surface area contributed by atoms with Crippen molar-refractivity contribution in [3.05, 3.63) is 71.6 Å². The molecule has 2 nitrogen and oxygen atoms in total. The van der Waals surface area contributed by atoms with Crippen molar-refractivity contribution in [3.63, 3.8) is 0 Å². The Kier molecular flexibility index (Phi) is 20.4. The average Bonchev–Trinajstić information content (AvgIpc) is 3.68. The minimum absolute atomic E-state index is 0.000614. The highest BCUT2D eigenvalue weighted by molar-refractivity contribution is 7.20. The molecular formula is C33H52FNOP2. The number of carbonyl (C=O) groups excluding carboxylic acids is 1. The van der Waals surface area contributed by atoms with Gasteiger partial charge in [-0.15, -0.1) is 15.2 Å². The summed E-state index contributed by atoms with van der Waals surface area (Å²) in [5, 5.41) is 0. The molecule has 4 unspecified atom stereocenters. The summed E-state index contributed by atoms with van der Waals surface area (Å²) in [6.45, 7) is 11.9. The van der Waals surface area contributed by atoms with E-state index in [1.807, 2.05) is 52.4 Å². The van der Waals surface area contributed by atoms with Crippen molar-refractivity contribution in [2.24, 2.45) is 23.5 Å². The first kappa shape index (κ1) is 36.4. The Morgan fingerprint density at radius 3 is 1.95 bits per heavy atom. The largest absolute Gasteiger partial charge is 0.296 e. The quantitative estimate of drug-likeness (QED) is 0.128. The maximum absolute atomic E-state index is 13.4. The van der Waals surface area contributed by atoms with Gasteiger partial charge in [0.15, 0.2) is 11.3 Å². The number of nitrogens with two attached hydrogens (primary N) is 1. The molecule has 2 saturated carbocycles. The van der Waals surface area contributed by atoms with Crippen LogP contribution in [-0.2, 0) is 0 Å². The number of alkyl halides is 1. The molecule has 2 aliphatic carbocycles. The van der Waals surface area contributed by atoms with Gasteiger partial charge in [-0.05, 0) is 56.9 Å². The Balaban J connectivity index is 0.000000522. The zero-order valence-electron chi connectivity index (χ0n) is 24.6. The Hall–Kier alpha value is -1.58. The molecule has 1 aromatic rings. The predicted octanol–water partition coefficient (Wildman–Crippen LogP) is 9.60. The first-order chi connectivity index (χ1) is 18.0. The van der Waals surface area contributed by atoms with Crippen LogP contribution in [0.5, 0.6) is 0 Å². The fourth-order valence-electron chi connectivity index (χ4n) is 3.38. The molecule has 38 heavy (non-hydrogen) atoms. The lowest BCUT2D eigenvalue weighted by molar-refractivity contribution is 0.101. The summed E-state index contributed by atoms with van der Waals surface area (Å²) < 4.78 is 13.4. The molecule has 2 aliphatic rings. The molecule has 212 valence electrons. The number of allylic oxidation sites excluding steroid dienone is 5. The highest BCUT2D eigenvalue weighted by atomic mass is 31.0. The molecule has 0 spiro atoms. The number of Topliss-reactive ketones (excluding diaryl/α,β-unsaturated/α-hetero) is 1. The number of hydrogen-bond acceptors (Lipinski definition) is 2. The summed E-state index contributed by atoms with van der Waals surface area (Å²) >= 11 is 0. The first-order valence-electron chi connectivity index (χ1n) is 14.0. The lowest BCUT2D eigenvalue weighted by atomic mass is 9.83. The lowest BCUT2D eigenvalue weighted by Gasteiger charge is -2.23. The second kappa shape index (κ2) is 21.3. The molecule has 3 rings (SSSR count). The predicted molar refractivity (Wildman–Crippen MR) is 173 cm³/mol. The number of hydrogen-bond donors (Lipinski definition) is 1. The van der Waals surface area contributed by atoms with Gasteiger partial charge in [0, 0.05) is 23.8 Å². The SMILES string of the molecule is CC(=O)c1ccc(C(C)C(N)(F)P)cc1.CC1CC1.CCC#CC1CCC(C)CC1.C\C=C/C=C\C=C\P. The van der Waals surface area contributed by atoms with Crippen molar-refractivity contribution >= 4 is 24.3 Å². The number of benzene rings is 1. The molecule has 0 radical (unpaired) electrons. The van der Waals surface area contributed by atoms with Gasteiger partial charge in [-0.2, -0.15) is 0 Å². The normalized spacial score (nSPS) is 21.0. The Morgan fingerprint density at radius 1 is 1.05 bits per heavy atom. The third-order valence-corrected chi connectivity index (χ3v) is 7.20. The zero-order chi connectivity index (χ0) is 29.0. The van der Waals surface area contributed by atoms with E-state index in [4.69, 9.17) is 5.73 Å². The van der Waals surface area contributed by atoms with Crippen LogP contribution in [0.2, 0.25) is 0 Å². The van der Waals surface area contributed by atoms with Crippen LogP contribution in [0, 0.1) is 29.6 Å². The van der Waals surface area contributed by atoms with Crippen LogP contribution in [-0.4, -0.2) is 11.3 Å². The number of carbonyl (C=O) groups is 1. The van der Waals surface area contributed by atoms with Crippen LogP contribution < -0.4 is 5.73 Å². The van der Waals surface area contributed by atoms with Crippen molar-refractivity contribution in [2.75, 3.05) is 0 Å². The standard InChI is InChI=1S/C11H15FNOP.C11H18.C7H11P.C4H8/c1-7(11(12,13)15)9-3-5-10(6-4-9)8(2)14;1-3-4-5-11-8-6-10(2)7-9-11;1-2-3-4-5-6-7-8;1-4-2-3-4/h3-7H,13,15H2,1-2H3;10-11H,3,6-9H2,1-2H3;2-7H,8H2,1H3;4H,2-3H2,1H3/b;;3-2-,5-4-,7-6+;. The zero-order valence-corrected chi connectivity index (χ0v) is 26.9. The molecule has 5 heteroatoms. The van der Waals surface area contributed by atoms with E-state index in [0.717, 1.165) is 29.7 Å². The molecule has 2 fully saturated rings. The van der Waals surface area contributed by atoms with Crippen LogP contribution in [0.3, 0.4) is 0 Å². The smallest absolute Gasteiger partial charge is 0.178 e. The molecule has 4 atom stereocenters. The molecule has 0 bridgehead atoms. The van der Waals surface area contributed by atoms with Gasteiger partial charge in [0.05, 0.1) is 0 Å². The number of ketones is 1. The number of rotatable bonds is 5. The van der Waals surface area contributed by atoms with Gasteiger partial charge in [-0.3, -0.25) is 10.5 Å². The Labute approximate surface area is 238 Å². The van der Waals surface area contributed by atoms with Crippen LogP contribution in [0.4, 0.5) is 4.39 Å². The van der Waals surface area contributed by atoms with Crippen LogP contribution in [0.1, 0.15) is 108 Å². The minimum atomic E-state index is -1.82. The van der Waals surface area contributed by atoms with E-state index in [9.17, 15) is 9.18 Å². The third-order valence-electron chi connectivity index (χ3n) is 6.48. The van der Waals surface area contributed by atoms with Crippen molar-refractivity contribution in [1.29, 1.82) is 0 Å². The summed E-state index contributed by atoms with van der Waals surface area (Å²) in [5.41, 5.74) is 4.92. The van der Waals surface area contributed by atoms with E-state index in [2.05, 4.69) is 41.9 Å². The van der Waals surface area contributed by atoms with Gasteiger partial charge in [0.1, 0.15) is 0 Å². The molecule has 0 heterocycles. The van der Waals surface area contributed by atoms with E-state index in [1.165, 1.54) is 45.4 Å². The summed E-state index contributed by atoms with van der Waals surface area (Å²) in [5.74, 6) is 10.8. The fourth-order valence-corrected chi connectivity index (χ4v) is 3.70. The maximum Gasteiger partial charge on any atom is 0.178 e. The van der Waals surface area contributed by atoms with Gasteiger partial charge >= 0.3 is 0 Å². The topological polar surface area (TPSA) is 43.1 Å². The Morgan fingerprint density at radius 2 is 1.55 bits per heavy atom. The summed E-state index contributed by atoms with van der Waals surface area (Å²) in [7, 11) is 4.49. The summed E-state index contributed by atoms with van der Waals surface area (Å²) in [4.78, 5) is 11.0. The van der Waals surface area contributed by atoms with Gasteiger partial charge in [0.25, 0.3) is 0 Å². The minimum Gasteiger partial charge on any atom is -0.296 e.